The van der Waals surface area contributed by atoms with E-state index in [2.05, 4.69) is 5.32 Å². The molecule has 0 aromatic carbocycles. The minimum Gasteiger partial charge on any atom is -0.480 e. The van der Waals surface area contributed by atoms with Gasteiger partial charge in [-0.3, -0.25) is 4.79 Å². The first-order chi connectivity index (χ1) is 9.51. The Kier molecular flexibility index (Phi) is 7.76. The number of carboxylic acids is 1. The van der Waals surface area contributed by atoms with Crippen LogP contribution in [0.5, 0.6) is 0 Å². The molecule has 0 aliphatic heterocycles. The van der Waals surface area contributed by atoms with E-state index in [1.54, 1.807) is 20.8 Å². The van der Waals surface area contributed by atoms with Crippen LogP contribution in [0, 0.1) is 5.92 Å². The summed E-state index contributed by atoms with van der Waals surface area (Å²) in [4.78, 5) is 34.0. The standard InChI is InChI=1S/C14H25NO6/c1-9(2)8-20-13(19)15-10(12(17)18)6-7-11(16)21-14(3,4)5/h9-10H,6-8H2,1-5H3,(H,15,19)(H,17,18)/t10-/m0/s1. The molecule has 7 heteroatoms. The van der Waals surface area contributed by atoms with Crippen molar-refractivity contribution in [2.75, 3.05) is 6.61 Å². The van der Waals surface area contributed by atoms with E-state index in [-0.39, 0.29) is 25.4 Å². The molecule has 1 atom stereocenters. The van der Waals surface area contributed by atoms with E-state index >= 15 is 0 Å². The van der Waals surface area contributed by atoms with Gasteiger partial charge in [0.05, 0.1) is 6.61 Å². The predicted molar refractivity (Wildman–Crippen MR) is 75.8 cm³/mol. The van der Waals surface area contributed by atoms with Crippen LogP contribution in [0.15, 0.2) is 0 Å². The van der Waals surface area contributed by atoms with Crippen LogP contribution in [-0.2, 0) is 19.1 Å². The minimum atomic E-state index is -1.22. The molecule has 0 aliphatic carbocycles. The Morgan fingerprint density at radius 3 is 2.19 bits per heavy atom. The second-order valence-corrected chi connectivity index (χ2v) is 6.15. The number of esters is 1. The molecule has 0 saturated heterocycles. The van der Waals surface area contributed by atoms with Crippen LogP contribution in [0.1, 0.15) is 47.5 Å². The molecule has 0 bridgehead atoms. The third kappa shape index (κ3) is 10.6. The van der Waals surface area contributed by atoms with E-state index in [0.717, 1.165) is 0 Å². The summed E-state index contributed by atoms with van der Waals surface area (Å²) in [6.07, 6.45) is -0.958. The van der Waals surface area contributed by atoms with Crippen LogP contribution in [0.3, 0.4) is 0 Å². The fourth-order valence-electron chi connectivity index (χ4n) is 1.34. The van der Waals surface area contributed by atoms with E-state index in [4.69, 9.17) is 14.6 Å². The van der Waals surface area contributed by atoms with Crippen LogP contribution in [0.25, 0.3) is 0 Å². The molecule has 0 rings (SSSR count). The number of alkyl carbamates (subject to hydrolysis) is 1. The largest absolute Gasteiger partial charge is 0.480 e. The molecule has 1 amide bonds. The quantitative estimate of drug-likeness (QED) is 0.697. The van der Waals surface area contributed by atoms with Gasteiger partial charge in [-0.1, -0.05) is 13.8 Å². The minimum absolute atomic E-state index is 0.0545. The van der Waals surface area contributed by atoms with Gasteiger partial charge in [0.15, 0.2) is 0 Å². The lowest BCUT2D eigenvalue weighted by Crippen LogP contribution is -2.42. The first kappa shape index (κ1) is 19.2. The molecule has 122 valence electrons. The number of hydrogen-bond donors (Lipinski definition) is 2. The van der Waals surface area contributed by atoms with Crippen molar-refractivity contribution in [2.45, 2.75) is 59.1 Å². The number of hydrogen-bond acceptors (Lipinski definition) is 5. The fraction of sp³-hybridized carbons (Fsp3) is 0.786. The van der Waals surface area contributed by atoms with Gasteiger partial charge in [0.1, 0.15) is 11.6 Å². The van der Waals surface area contributed by atoms with Gasteiger partial charge in [-0.15, -0.1) is 0 Å². The molecule has 0 heterocycles. The van der Waals surface area contributed by atoms with Crippen molar-refractivity contribution in [1.29, 1.82) is 0 Å². The summed E-state index contributed by atoms with van der Waals surface area (Å²) in [6.45, 7) is 9.10. The van der Waals surface area contributed by atoms with Crippen LogP contribution in [-0.4, -0.2) is 41.4 Å². The van der Waals surface area contributed by atoms with Crippen LogP contribution >= 0.6 is 0 Å². The smallest absolute Gasteiger partial charge is 0.407 e. The third-order valence-corrected chi connectivity index (χ3v) is 2.20. The second kappa shape index (κ2) is 8.49. The number of nitrogens with one attached hydrogen (secondary N) is 1. The average Bonchev–Trinajstić information content (AvgIpc) is 2.29. The molecule has 0 saturated carbocycles. The lowest BCUT2D eigenvalue weighted by Gasteiger charge is -2.20. The lowest BCUT2D eigenvalue weighted by molar-refractivity contribution is -0.155. The van der Waals surface area contributed by atoms with Crippen molar-refractivity contribution < 1.29 is 29.0 Å². The van der Waals surface area contributed by atoms with E-state index in [9.17, 15) is 14.4 Å². The normalized spacial score (nSPS) is 12.7. The molecule has 0 unspecified atom stereocenters. The van der Waals surface area contributed by atoms with Gasteiger partial charge in [-0.2, -0.15) is 0 Å². The van der Waals surface area contributed by atoms with Crippen molar-refractivity contribution in [3.63, 3.8) is 0 Å². The van der Waals surface area contributed by atoms with E-state index in [1.165, 1.54) is 0 Å². The van der Waals surface area contributed by atoms with Crippen LogP contribution < -0.4 is 5.32 Å². The highest BCUT2D eigenvalue weighted by Gasteiger charge is 2.23. The average molecular weight is 303 g/mol. The Balaban J connectivity index is 4.29. The van der Waals surface area contributed by atoms with Gasteiger partial charge in [0, 0.05) is 6.42 Å². The molecule has 0 fully saturated rings. The van der Waals surface area contributed by atoms with Crippen molar-refractivity contribution in [3.8, 4) is 0 Å². The van der Waals surface area contributed by atoms with E-state index < -0.39 is 29.7 Å². The third-order valence-electron chi connectivity index (χ3n) is 2.20. The lowest BCUT2D eigenvalue weighted by atomic mass is 10.1. The molecular formula is C14H25NO6. The van der Waals surface area contributed by atoms with Gasteiger partial charge < -0.3 is 19.9 Å². The van der Waals surface area contributed by atoms with E-state index in [0.29, 0.717) is 0 Å². The topological polar surface area (TPSA) is 102 Å². The van der Waals surface area contributed by atoms with Crippen molar-refractivity contribution in [1.82, 2.24) is 5.32 Å². The van der Waals surface area contributed by atoms with Crippen LogP contribution in [0.4, 0.5) is 4.79 Å². The molecule has 0 aliphatic rings. The number of aliphatic carboxylic acids is 1. The molecule has 7 nitrogen and oxygen atoms in total. The zero-order valence-corrected chi connectivity index (χ0v) is 13.3. The van der Waals surface area contributed by atoms with Gasteiger partial charge in [0.25, 0.3) is 0 Å². The molecule has 0 radical (unpaired) electrons. The summed E-state index contributed by atoms with van der Waals surface area (Å²) in [5.74, 6) is -1.58. The van der Waals surface area contributed by atoms with Gasteiger partial charge in [-0.25, -0.2) is 9.59 Å². The Morgan fingerprint density at radius 1 is 1.19 bits per heavy atom. The highest BCUT2D eigenvalue weighted by atomic mass is 16.6. The summed E-state index contributed by atoms with van der Waals surface area (Å²) in [5, 5.41) is 11.2. The number of rotatable bonds is 7. The highest BCUT2D eigenvalue weighted by Crippen LogP contribution is 2.10. The van der Waals surface area contributed by atoms with Gasteiger partial charge in [-0.05, 0) is 33.1 Å². The maximum absolute atomic E-state index is 11.5. The second-order valence-electron chi connectivity index (χ2n) is 6.15. The summed E-state index contributed by atoms with van der Waals surface area (Å²) >= 11 is 0. The molecular weight excluding hydrogens is 278 g/mol. The Morgan fingerprint density at radius 2 is 1.76 bits per heavy atom. The molecule has 2 N–H and O–H groups in total. The van der Waals surface area contributed by atoms with Gasteiger partial charge >= 0.3 is 18.0 Å². The van der Waals surface area contributed by atoms with E-state index in [1.807, 2.05) is 13.8 Å². The Bertz CT molecular complexity index is 372. The zero-order valence-electron chi connectivity index (χ0n) is 13.3. The molecule has 21 heavy (non-hydrogen) atoms. The number of amides is 1. The summed E-state index contributed by atoms with van der Waals surface area (Å²) < 4.78 is 9.92. The first-order valence-electron chi connectivity index (χ1n) is 6.89. The van der Waals surface area contributed by atoms with Gasteiger partial charge in [0.2, 0.25) is 0 Å². The predicted octanol–water partition coefficient (Wildman–Crippen LogP) is 1.94. The number of ether oxygens (including phenoxy) is 2. The Labute approximate surface area is 125 Å². The zero-order chi connectivity index (χ0) is 16.6. The van der Waals surface area contributed by atoms with Crippen LogP contribution in [0.2, 0.25) is 0 Å². The molecule has 0 aromatic rings. The Hall–Kier alpha value is -1.79. The molecule has 0 spiro atoms. The molecule has 0 aromatic heterocycles. The summed E-state index contributed by atoms with van der Waals surface area (Å²) in [6, 6.07) is -1.18. The highest BCUT2D eigenvalue weighted by molar-refractivity contribution is 5.80. The summed E-state index contributed by atoms with van der Waals surface area (Å²) in [5.41, 5.74) is -0.626. The number of carbonyl (C=O) groups excluding carboxylic acids is 2. The van der Waals surface area contributed by atoms with Crippen molar-refractivity contribution >= 4 is 18.0 Å². The maximum Gasteiger partial charge on any atom is 0.407 e. The summed E-state index contributed by atoms with van der Waals surface area (Å²) in [7, 11) is 0. The fourth-order valence-corrected chi connectivity index (χ4v) is 1.34. The SMILES string of the molecule is CC(C)COC(=O)N[C@@H](CCC(=O)OC(C)(C)C)C(=O)O. The van der Waals surface area contributed by atoms with Crippen molar-refractivity contribution in [3.05, 3.63) is 0 Å². The van der Waals surface area contributed by atoms with Crippen molar-refractivity contribution in [2.24, 2.45) is 5.92 Å². The first-order valence-corrected chi connectivity index (χ1v) is 6.89. The monoisotopic (exact) mass is 303 g/mol. The maximum atomic E-state index is 11.5. The number of carboxylic acid groups (broad SMARTS) is 1. The number of carbonyl (C=O) groups is 3.